The first-order chi connectivity index (χ1) is 7.63. The predicted octanol–water partition coefficient (Wildman–Crippen LogP) is 3.89. The molecular formula is C14H14OS. The molecule has 0 unspecified atom stereocenters. The molecule has 0 aliphatic heterocycles. The van der Waals surface area contributed by atoms with Crippen molar-refractivity contribution in [1.82, 2.24) is 0 Å². The maximum absolute atomic E-state index is 11.0. The van der Waals surface area contributed by atoms with Crippen LogP contribution in [0.5, 0.6) is 0 Å². The molecule has 0 radical (unpaired) electrons. The zero-order chi connectivity index (χ0) is 11.6. The van der Waals surface area contributed by atoms with Crippen LogP contribution in [-0.4, -0.2) is 6.29 Å². The van der Waals surface area contributed by atoms with Crippen molar-refractivity contribution in [3.05, 3.63) is 47.3 Å². The lowest BCUT2D eigenvalue weighted by Gasteiger charge is -2.13. The molecule has 0 spiro atoms. The van der Waals surface area contributed by atoms with E-state index in [2.05, 4.69) is 18.2 Å². The molecule has 0 saturated carbocycles. The summed E-state index contributed by atoms with van der Waals surface area (Å²) in [6.45, 7) is 3.89. The van der Waals surface area contributed by atoms with Gasteiger partial charge in [-0.3, -0.25) is 0 Å². The molecule has 0 N–H and O–H groups in total. The number of aldehydes is 1. The summed E-state index contributed by atoms with van der Waals surface area (Å²) >= 11 is 1.69. The van der Waals surface area contributed by atoms with Gasteiger partial charge >= 0.3 is 0 Å². The zero-order valence-electron chi connectivity index (χ0n) is 9.44. The minimum absolute atomic E-state index is 0.377. The minimum Gasteiger partial charge on any atom is -0.302 e. The van der Waals surface area contributed by atoms with Crippen LogP contribution in [0.1, 0.15) is 18.7 Å². The lowest BCUT2D eigenvalue weighted by Crippen LogP contribution is -2.16. The number of hydrogen-bond donors (Lipinski definition) is 0. The van der Waals surface area contributed by atoms with E-state index in [0.717, 1.165) is 11.2 Å². The summed E-state index contributed by atoms with van der Waals surface area (Å²) in [6.07, 6.45) is 1.01. The van der Waals surface area contributed by atoms with Crippen molar-refractivity contribution < 1.29 is 4.79 Å². The summed E-state index contributed by atoms with van der Waals surface area (Å²) in [7, 11) is 0. The van der Waals surface area contributed by atoms with E-state index in [9.17, 15) is 4.79 Å². The van der Waals surface area contributed by atoms with Crippen LogP contribution in [0, 0.1) is 0 Å². The Labute approximate surface area is 99.8 Å². The quantitative estimate of drug-likeness (QED) is 0.731. The molecule has 2 rings (SSSR count). The van der Waals surface area contributed by atoms with Gasteiger partial charge in [0.2, 0.25) is 0 Å². The highest BCUT2D eigenvalue weighted by Gasteiger charge is 2.21. The number of hydrogen-bond acceptors (Lipinski definition) is 2. The van der Waals surface area contributed by atoms with E-state index < -0.39 is 0 Å². The molecule has 0 aliphatic carbocycles. The third kappa shape index (κ3) is 2.07. The Bertz CT molecular complexity index is 482. The van der Waals surface area contributed by atoms with Gasteiger partial charge in [-0.15, -0.1) is 11.3 Å². The zero-order valence-corrected chi connectivity index (χ0v) is 10.3. The maximum Gasteiger partial charge on any atom is 0.130 e. The van der Waals surface area contributed by atoms with Gasteiger partial charge in [-0.05, 0) is 31.5 Å². The van der Waals surface area contributed by atoms with Gasteiger partial charge in [0, 0.05) is 9.75 Å². The van der Waals surface area contributed by atoms with Crippen molar-refractivity contribution in [1.29, 1.82) is 0 Å². The van der Waals surface area contributed by atoms with Gasteiger partial charge in [0.1, 0.15) is 6.29 Å². The second-order valence-corrected chi connectivity index (χ2v) is 5.45. The fourth-order valence-corrected chi connectivity index (χ4v) is 2.57. The Kier molecular flexibility index (Phi) is 2.92. The highest BCUT2D eigenvalue weighted by Crippen LogP contribution is 2.34. The minimum atomic E-state index is -0.377. The normalized spacial score (nSPS) is 11.4. The second-order valence-electron chi connectivity index (χ2n) is 4.37. The summed E-state index contributed by atoms with van der Waals surface area (Å²) in [6, 6.07) is 14.4. The van der Waals surface area contributed by atoms with E-state index in [1.807, 2.05) is 38.1 Å². The molecule has 1 aromatic carbocycles. The van der Waals surface area contributed by atoms with Crippen LogP contribution in [0.25, 0.3) is 10.4 Å². The van der Waals surface area contributed by atoms with Gasteiger partial charge in [0.15, 0.2) is 0 Å². The third-order valence-electron chi connectivity index (χ3n) is 2.59. The van der Waals surface area contributed by atoms with Gasteiger partial charge < -0.3 is 4.79 Å². The molecule has 2 aromatic rings. The largest absolute Gasteiger partial charge is 0.302 e. The summed E-state index contributed by atoms with van der Waals surface area (Å²) < 4.78 is 0. The molecule has 1 heterocycles. The molecule has 0 atom stereocenters. The van der Waals surface area contributed by atoms with Crippen LogP contribution < -0.4 is 0 Å². The fourth-order valence-electron chi connectivity index (χ4n) is 1.50. The Hall–Kier alpha value is -1.41. The molecule has 0 amide bonds. The first-order valence-corrected chi connectivity index (χ1v) is 6.07. The molecular weight excluding hydrogens is 216 g/mol. The smallest absolute Gasteiger partial charge is 0.130 e. The maximum atomic E-state index is 11.0. The average Bonchev–Trinajstić information content (AvgIpc) is 2.80. The van der Waals surface area contributed by atoms with E-state index in [0.29, 0.717) is 0 Å². The molecule has 0 fully saturated rings. The standard InChI is InChI=1S/C14H14OS/c1-14(2,10-15)13-9-8-12(16-13)11-6-4-3-5-7-11/h3-10H,1-2H3. The van der Waals surface area contributed by atoms with Crippen LogP contribution in [0.2, 0.25) is 0 Å². The van der Waals surface area contributed by atoms with Crippen molar-refractivity contribution in [2.45, 2.75) is 19.3 Å². The Morgan fingerprint density at radius 2 is 1.75 bits per heavy atom. The van der Waals surface area contributed by atoms with Gasteiger partial charge in [-0.25, -0.2) is 0 Å². The molecule has 1 aromatic heterocycles. The van der Waals surface area contributed by atoms with Crippen LogP contribution in [0.3, 0.4) is 0 Å². The third-order valence-corrected chi connectivity index (χ3v) is 4.07. The van der Waals surface area contributed by atoms with Gasteiger partial charge in [0.25, 0.3) is 0 Å². The van der Waals surface area contributed by atoms with E-state index in [1.54, 1.807) is 11.3 Å². The van der Waals surface area contributed by atoms with Crippen LogP contribution >= 0.6 is 11.3 Å². The number of thiophene rings is 1. The van der Waals surface area contributed by atoms with Crippen LogP contribution in [0.4, 0.5) is 0 Å². The molecule has 2 heteroatoms. The van der Waals surface area contributed by atoms with Crippen LogP contribution in [0.15, 0.2) is 42.5 Å². The lowest BCUT2D eigenvalue weighted by atomic mass is 9.94. The molecule has 0 saturated heterocycles. The lowest BCUT2D eigenvalue weighted by molar-refractivity contribution is -0.111. The number of carbonyl (C=O) groups is 1. The predicted molar refractivity (Wildman–Crippen MR) is 68.8 cm³/mol. The highest BCUT2D eigenvalue weighted by atomic mass is 32.1. The molecule has 1 nitrogen and oxygen atoms in total. The van der Waals surface area contributed by atoms with Crippen molar-refractivity contribution in [2.24, 2.45) is 0 Å². The van der Waals surface area contributed by atoms with Crippen molar-refractivity contribution in [2.75, 3.05) is 0 Å². The number of rotatable bonds is 3. The second kappa shape index (κ2) is 4.22. The molecule has 0 aliphatic rings. The summed E-state index contributed by atoms with van der Waals surface area (Å²) in [5.41, 5.74) is 0.831. The first-order valence-electron chi connectivity index (χ1n) is 5.25. The Morgan fingerprint density at radius 3 is 2.38 bits per heavy atom. The monoisotopic (exact) mass is 230 g/mol. The molecule has 82 valence electrons. The SMILES string of the molecule is CC(C)(C=O)c1ccc(-c2ccccc2)s1. The molecule has 0 bridgehead atoms. The van der Waals surface area contributed by atoms with E-state index in [-0.39, 0.29) is 5.41 Å². The summed E-state index contributed by atoms with van der Waals surface area (Å²) in [5, 5.41) is 0. The van der Waals surface area contributed by atoms with E-state index >= 15 is 0 Å². The van der Waals surface area contributed by atoms with E-state index in [4.69, 9.17) is 0 Å². The fraction of sp³-hybridized carbons (Fsp3) is 0.214. The first kappa shape index (κ1) is 11.1. The van der Waals surface area contributed by atoms with E-state index in [1.165, 1.54) is 10.4 Å². The summed E-state index contributed by atoms with van der Waals surface area (Å²) in [5.74, 6) is 0. The number of benzene rings is 1. The Balaban J connectivity index is 2.37. The van der Waals surface area contributed by atoms with Crippen molar-refractivity contribution >= 4 is 17.6 Å². The highest BCUT2D eigenvalue weighted by molar-refractivity contribution is 7.15. The molecule has 16 heavy (non-hydrogen) atoms. The van der Waals surface area contributed by atoms with Crippen molar-refractivity contribution in [3.8, 4) is 10.4 Å². The summed E-state index contributed by atoms with van der Waals surface area (Å²) in [4.78, 5) is 13.3. The van der Waals surface area contributed by atoms with Crippen LogP contribution in [-0.2, 0) is 10.2 Å². The van der Waals surface area contributed by atoms with Gasteiger partial charge in [0.05, 0.1) is 5.41 Å². The average molecular weight is 230 g/mol. The van der Waals surface area contributed by atoms with Gasteiger partial charge in [-0.1, -0.05) is 30.3 Å². The number of carbonyl (C=O) groups excluding carboxylic acids is 1. The van der Waals surface area contributed by atoms with Gasteiger partial charge in [-0.2, -0.15) is 0 Å². The topological polar surface area (TPSA) is 17.1 Å². The van der Waals surface area contributed by atoms with Crippen molar-refractivity contribution in [3.63, 3.8) is 0 Å². The Morgan fingerprint density at radius 1 is 1.06 bits per heavy atom.